The zero-order valence-corrected chi connectivity index (χ0v) is 8.47. The van der Waals surface area contributed by atoms with E-state index in [2.05, 4.69) is 9.97 Å². The number of alkyl halides is 3. The third-order valence-electron chi connectivity index (χ3n) is 2.31. The van der Waals surface area contributed by atoms with E-state index in [1.54, 1.807) is 13.0 Å². The molecule has 16 heavy (non-hydrogen) atoms. The molecule has 2 aromatic rings. The molecule has 3 N–H and O–H groups in total. The lowest BCUT2D eigenvalue weighted by molar-refractivity contribution is -0.137. The fourth-order valence-electron chi connectivity index (χ4n) is 1.44. The summed E-state index contributed by atoms with van der Waals surface area (Å²) >= 11 is 0. The summed E-state index contributed by atoms with van der Waals surface area (Å²) in [6.45, 7) is 1.75. The number of nitrogens with zero attached hydrogens (tertiary/aromatic N) is 1. The van der Waals surface area contributed by atoms with Crippen LogP contribution in [0.5, 0.6) is 0 Å². The van der Waals surface area contributed by atoms with Crippen molar-refractivity contribution in [3.8, 4) is 0 Å². The standard InChI is InChI=1S/C10H10F3N3/c1-5(14)8-3-6-2-7(10(11,12)13)4-15-9(6)16-8/h2-5H,14H2,1H3,(H,15,16). The number of pyridine rings is 1. The van der Waals surface area contributed by atoms with Crippen LogP contribution in [0, 0.1) is 0 Å². The van der Waals surface area contributed by atoms with Gasteiger partial charge in [0.1, 0.15) is 5.65 Å². The van der Waals surface area contributed by atoms with Gasteiger partial charge in [0.15, 0.2) is 0 Å². The molecule has 1 unspecified atom stereocenters. The first-order valence-corrected chi connectivity index (χ1v) is 4.69. The SMILES string of the molecule is CC(N)c1cc2cc(C(F)(F)F)cnc2[nH]1. The van der Waals surface area contributed by atoms with E-state index in [1.165, 1.54) is 0 Å². The molecule has 2 aromatic heterocycles. The van der Waals surface area contributed by atoms with E-state index in [1.807, 2.05) is 0 Å². The van der Waals surface area contributed by atoms with Crippen LogP contribution in [0.4, 0.5) is 13.2 Å². The van der Waals surface area contributed by atoms with Gasteiger partial charge in [-0.2, -0.15) is 13.2 Å². The quantitative estimate of drug-likeness (QED) is 0.789. The lowest BCUT2D eigenvalue weighted by Gasteiger charge is -2.04. The highest BCUT2D eigenvalue weighted by molar-refractivity contribution is 5.77. The third-order valence-corrected chi connectivity index (χ3v) is 2.31. The number of aromatic nitrogens is 2. The first kappa shape index (κ1) is 10.9. The van der Waals surface area contributed by atoms with Gasteiger partial charge >= 0.3 is 6.18 Å². The summed E-state index contributed by atoms with van der Waals surface area (Å²) in [5, 5.41) is 0.419. The van der Waals surface area contributed by atoms with Gasteiger partial charge in [-0.15, -0.1) is 0 Å². The molecule has 2 rings (SSSR count). The molecule has 0 aromatic carbocycles. The van der Waals surface area contributed by atoms with Crippen molar-refractivity contribution in [1.29, 1.82) is 0 Å². The molecule has 6 heteroatoms. The van der Waals surface area contributed by atoms with Gasteiger partial charge < -0.3 is 10.7 Å². The number of H-pyrrole nitrogens is 1. The van der Waals surface area contributed by atoms with Crippen molar-refractivity contribution in [1.82, 2.24) is 9.97 Å². The number of aromatic amines is 1. The minimum absolute atomic E-state index is 0.261. The predicted molar refractivity (Wildman–Crippen MR) is 53.7 cm³/mol. The second kappa shape index (κ2) is 3.48. The van der Waals surface area contributed by atoms with Crippen LogP contribution in [0.2, 0.25) is 0 Å². The molecule has 86 valence electrons. The maximum atomic E-state index is 12.4. The Morgan fingerprint density at radius 3 is 2.62 bits per heavy atom. The van der Waals surface area contributed by atoms with Crippen molar-refractivity contribution >= 4 is 11.0 Å². The minimum Gasteiger partial charge on any atom is -0.342 e. The summed E-state index contributed by atoms with van der Waals surface area (Å²) < 4.78 is 37.2. The molecule has 0 saturated heterocycles. The fourth-order valence-corrected chi connectivity index (χ4v) is 1.44. The Kier molecular flexibility index (Phi) is 2.38. The van der Waals surface area contributed by atoms with E-state index in [4.69, 9.17) is 5.73 Å². The van der Waals surface area contributed by atoms with Crippen LogP contribution in [-0.4, -0.2) is 9.97 Å². The topological polar surface area (TPSA) is 54.7 Å². The average Bonchev–Trinajstić information content (AvgIpc) is 2.58. The Morgan fingerprint density at radius 2 is 2.06 bits per heavy atom. The molecular weight excluding hydrogens is 219 g/mol. The number of rotatable bonds is 1. The molecule has 0 amide bonds. The minimum atomic E-state index is -4.37. The number of hydrogen-bond donors (Lipinski definition) is 2. The molecule has 0 fully saturated rings. The van der Waals surface area contributed by atoms with Gasteiger partial charge in [-0.3, -0.25) is 0 Å². The molecule has 0 bridgehead atoms. The Morgan fingerprint density at radius 1 is 1.38 bits per heavy atom. The Balaban J connectivity index is 2.54. The Hall–Kier alpha value is -1.56. The molecule has 1 atom stereocenters. The zero-order valence-electron chi connectivity index (χ0n) is 8.47. The van der Waals surface area contributed by atoms with E-state index < -0.39 is 11.7 Å². The van der Waals surface area contributed by atoms with Gasteiger partial charge in [-0.05, 0) is 19.1 Å². The van der Waals surface area contributed by atoms with E-state index >= 15 is 0 Å². The smallest absolute Gasteiger partial charge is 0.342 e. The van der Waals surface area contributed by atoms with Crippen LogP contribution in [0.25, 0.3) is 11.0 Å². The number of fused-ring (bicyclic) bond motifs is 1. The molecule has 3 nitrogen and oxygen atoms in total. The van der Waals surface area contributed by atoms with Crippen molar-refractivity contribution in [3.63, 3.8) is 0 Å². The summed E-state index contributed by atoms with van der Waals surface area (Å²) in [6.07, 6.45) is -3.56. The molecule has 0 aliphatic heterocycles. The largest absolute Gasteiger partial charge is 0.417 e. The maximum absolute atomic E-state index is 12.4. The molecule has 2 heterocycles. The number of nitrogens with one attached hydrogen (secondary N) is 1. The summed E-state index contributed by atoms with van der Waals surface area (Å²) in [5.41, 5.74) is 5.95. The van der Waals surface area contributed by atoms with E-state index in [0.717, 1.165) is 12.3 Å². The van der Waals surface area contributed by atoms with Gasteiger partial charge in [0.2, 0.25) is 0 Å². The summed E-state index contributed by atoms with van der Waals surface area (Å²) in [4.78, 5) is 6.59. The van der Waals surface area contributed by atoms with Crippen molar-refractivity contribution in [2.24, 2.45) is 5.73 Å². The molecule has 0 radical (unpaired) electrons. The second-order valence-corrected chi connectivity index (χ2v) is 3.67. The summed E-state index contributed by atoms with van der Waals surface area (Å²) in [6, 6.07) is 2.39. The Labute approximate surface area is 89.5 Å². The highest BCUT2D eigenvalue weighted by Gasteiger charge is 2.31. The normalized spacial score (nSPS) is 14.3. The Bertz CT molecular complexity index is 513. The van der Waals surface area contributed by atoms with E-state index in [9.17, 15) is 13.2 Å². The van der Waals surface area contributed by atoms with Crippen LogP contribution < -0.4 is 5.73 Å². The van der Waals surface area contributed by atoms with E-state index in [-0.39, 0.29) is 6.04 Å². The van der Waals surface area contributed by atoms with Crippen LogP contribution in [0.15, 0.2) is 18.3 Å². The van der Waals surface area contributed by atoms with Crippen molar-refractivity contribution in [2.75, 3.05) is 0 Å². The monoisotopic (exact) mass is 229 g/mol. The first-order valence-electron chi connectivity index (χ1n) is 4.69. The number of nitrogens with two attached hydrogens (primary N) is 1. The molecular formula is C10H10F3N3. The van der Waals surface area contributed by atoms with E-state index in [0.29, 0.717) is 16.7 Å². The summed E-state index contributed by atoms with van der Waals surface area (Å²) in [5.74, 6) is 0. The first-order chi connectivity index (χ1) is 7.38. The summed E-state index contributed by atoms with van der Waals surface area (Å²) in [7, 11) is 0. The maximum Gasteiger partial charge on any atom is 0.417 e. The molecule has 0 spiro atoms. The van der Waals surface area contributed by atoms with Crippen molar-refractivity contribution in [2.45, 2.75) is 19.1 Å². The van der Waals surface area contributed by atoms with Gasteiger partial charge in [0.05, 0.1) is 5.56 Å². The highest BCUT2D eigenvalue weighted by Crippen LogP contribution is 2.30. The fraction of sp³-hybridized carbons (Fsp3) is 0.300. The molecule has 0 aliphatic rings. The molecule has 0 saturated carbocycles. The second-order valence-electron chi connectivity index (χ2n) is 3.67. The third kappa shape index (κ3) is 1.88. The van der Waals surface area contributed by atoms with Crippen LogP contribution in [0.3, 0.4) is 0 Å². The lowest BCUT2D eigenvalue weighted by atomic mass is 10.2. The van der Waals surface area contributed by atoms with Crippen molar-refractivity contribution in [3.05, 3.63) is 29.6 Å². The predicted octanol–water partition coefficient (Wildman–Crippen LogP) is 2.60. The van der Waals surface area contributed by atoms with Crippen LogP contribution >= 0.6 is 0 Å². The van der Waals surface area contributed by atoms with Crippen LogP contribution in [-0.2, 0) is 6.18 Å². The average molecular weight is 229 g/mol. The van der Waals surface area contributed by atoms with Gasteiger partial charge in [-0.25, -0.2) is 4.98 Å². The molecule has 0 aliphatic carbocycles. The van der Waals surface area contributed by atoms with Crippen molar-refractivity contribution < 1.29 is 13.2 Å². The van der Waals surface area contributed by atoms with Gasteiger partial charge in [-0.1, -0.05) is 0 Å². The van der Waals surface area contributed by atoms with Gasteiger partial charge in [0.25, 0.3) is 0 Å². The van der Waals surface area contributed by atoms with Crippen LogP contribution in [0.1, 0.15) is 24.2 Å². The zero-order chi connectivity index (χ0) is 11.9. The number of halogens is 3. The van der Waals surface area contributed by atoms with Gasteiger partial charge in [0, 0.05) is 23.3 Å². The number of hydrogen-bond acceptors (Lipinski definition) is 2. The lowest BCUT2D eigenvalue weighted by Crippen LogP contribution is -2.05. The highest BCUT2D eigenvalue weighted by atomic mass is 19.4.